The second kappa shape index (κ2) is 15.2. The zero-order chi connectivity index (χ0) is 31.6. The molecule has 0 saturated carbocycles. The average Bonchev–Trinajstić information content (AvgIpc) is 2.69. The van der Waals surface area contributed by atoms with Crippen LogP contribution in [0.3, 0.4) is 0 Å². The van der Waals surface area contributed by atoms with Gasteiger partial charge >= 0.3 is 18.0 Å². The Bertz CT molecular complexity index is 883. The smallest absolute Gasteiger partial charge is 0.408 e. The van der Waals surface area contributed by atoms with Crippen molar-refractivity contribution in [3.05, 3.63) is 0 Å². The first-order valence-electron chi connectivity index (χ1n) is 13.6. The summed E-state index contributed by atoms with van der Waals surface area (Å²) in [5.74, 6) is -3.42. The van der Waals surface area contributed by atoms with Gasteiger partial charge in [-0.25, -0.2) is 9.59 Å². The summed E-state index contributed by atoms with van der Waals surface area (Å²) in [6, 6.07) is -3.63. The molecule has 0 aliphatic carbocycles. The van der Waals surface area contributed by atoms with E-state index in [-0.39, 0.29) is 18.8 Å². The number of esters is 1. The van der Waals surface area contributed by atoms with Crippen molar-refractivity contribution >= 4 is 29.8 Å². The molecule has 0 radical (unpaired) electrons. The lowest BCUT2D eigenvalue weighted by Crippen LogP contribution is -2.59. The lowest BCUT2D eigenvalue weighted by molar-refractivity contribution is -0.166. The fraction of sp³-hybridized carbons (Fsp3) is 0.821. The van der Waals surface area contributed by atoms with Crippen molar-refractivity contribution in [3.8, 4) is 0 Å². The molecule has 0 aromatic heterocycles. The molecule has 232 valence electrons. The van der Waals surface area contributed by atoms with Crippen LogP contribution in [0, 0.1) is 5.92 Å². The van der Waals surface area contributed by atoms with E-state index in [4.69, 9.17) is 14.2 Å². The van der Waals surface area contributed by atoms with Gasteiger partial charge < -0.3 is 35.3 Å². The molecule has 0 fully saturated rings. The molecule has 4 atom stereocenters. The number of hydrogen-bond donors (Lipinski definition) is 4. The van der Waals surface area contributed by atoms with Crippen LogP contribution in [-0.2, 0) is 33.4 Å². The van der Waals surface area contributed by atoms with Crippen molar-refractivity contribution in [1.82, 2.24) is 16.0 Å². The van der Waals surface area contributed by atoms with Gasteiger partial charge in [0.2, 0.25) is 11.8 Å². The lowest BCUT2D eigenvalue weighted by Gasteiger charge is -2.33. The van der Waals surface area contributed by atoms with Crippen LogP contribution in [0.4, 0.5) is 4.79 Å². The molecule has 0 unspecified atom stereocenters. The molecule has 12 heteroatoms. The summed E-state index contributed by atoms with van der Waals surface area (Å²) in [7, 11) is 0. The first-order chi connectivity index (χ1) is 17.9. The van der Waals surface area contributed by atoms with Gasteiger partial charge in [0, 0.05) is 6.42 Å². The number of aliphatic carboxylic acids is 1. The Labute approximate surface area is 238 Å². The minimum atomic E-state index is -1.33. The number of carboxylic acids is 1. The predicted molar refractivity (Wildman–Crippen MR) is 149 cm³/mol. The molecule has 0 saturated heterocycles. The summed E-state index contributed by atoms with van der Waals surface area (Å²) in [5.41, 5.74) is -2.30. The van der Waals surface area contributed by atoms with E-state index in [9.17, 15) is 29.1 Å². The molecule has 4 N–H and O–H groups in total. The van der Waals surface area contributed by atoms with Crippen molar-refractivity contribution in [2.24, 2.45) is 5.92 Å². The highest BCUT2D eigenvalue weighted by Gasteiger charge is 2.37. The quantitative estimate of drug-likeness (QED) is 0.241. The van der Waals surface area contributed by atoms with Crippen LogP contribution in [-0.4, -0.2) is 76.0 Å². The fourth-order valence-corrected chi connectivity index (χ4v) is 3.57. The summed E-state index contributed by atoms with van der Waals surface area (Å²) in [6.07, 6.45) is -2.09. The highest BCUT2D eigenvalue weighted by Crippen LogP contribution is 2.17. The van der Waals surface area contributed by atoms with Gasteiger partial charge in [0.1, 0.15) is 23.3 Å². The van der Waals surface area contributed by atoms with Crippen molar-refractivity contribution in [2.45, 2.75) is 143 Å². The second-order valence-electron chi connectivity index (χ2n) is 13.3. The number of carboxylic acid groups (broad SMARTS) is 1. The molecule has 0 rings (SSSR count). The van der Waals surface area contributed by atoms with E-state index in [1.165, 1.54) is 0 Å². The first-order valence-corrected chi connectivity index (χ1v) is 13.6. The van der Waals surface area contributed by atoms with Crippen molar-refractivity contribution < 1.29 is 43.3 Å². The Hall–Kier alpha value is -2.89. The minimum absolute atomic E-state index is 0.0103. The van der Waals surface area contributed by atoms with E-state index in [1.54, 1.807) is 69.2 Å². The molecule has 0 aromatic rings. The summed E-state index contributed by atoms with van der Waals surface area (Å²) in [6.45, 7) is 20.8. The Morgan fingerprint density at radius 3 is 1.62 bits per heavy atom. The number of amides is 3. The normalized spacial score (nSPS) is 15.3. The van der Waals surface area contributed by atoms with Gasteiger partial charge in [0.25, 0.3) is 0 Å². The van der Waals surface area contributed by atoms with Crippen molar-refractivity contribution in [3.63, 3.8) is 0 Å². The standard InChI is InChI=1S/C28H51N3O9/c1-16(2)15-19(30-25(37)40-28(10,11)12)23(35)29-18(13-14-20(32)33)22(34)31-21(17(3)38-26(4,5)6)24(36)39-27(7,8)9/h16-19,21H,13-15H2,1-12H3,(H,29,35)(H,30,37)(H,31,34)(H,32,33)/t17-,18+,19+,21+/m1/s1. The highest BCUT2D eigenvalue weighted by molar-refractivity contribution is 5.93. The van der Waals surface area contributed by atoms with Crippen LogP contribution >= 0.6 is 0 Å². The number of hydrogen-bond acceptors (Lipinski definition) is 8. The van der Waals surface area contributed by atoms with Gasteiger partial charge in [0.15, 0.2) is 6.04 Å². The molecule has 3 amide bonds. The van der Waals surface area contributed by atoms with E-state index in [2.05, 4.69) is 16.0 Å². The molecule has 0 aromatic carbocycles. The van der Waals surface area contributed by atoms with Gasteiger partial charge in [0.05, 0.1) is 11.7 Å². The lowest BCUT2D eigenvalue weighted by atomic mass is 10.0. The monoisotopic (exact) mass is 573 g/mol. The summed E-state index contributed by atoms with van der Waals surface area (Å²) in [5, 5.41) is 16.9. The Morgan fingerprint density at radius 1 is 0.700 bits per heavy atom. The number of rotatable bonds is 13. The summed E-state index contributed by atoms with van der Waals surface area (Å²) in [4.78, 5) is 63.4. The van der Waals surface area contributed by atoms with Crippen LogP contribution < -0.4 is 16.0 Å². The van der Waals surface area contributed by atoms with Gasteiger partial charge in [-0.2, -0.15) is 0 Å². The van der Waals surface area contributed by atoms with E-state index in [0.717, 1.165) is 0 Å². The fourth-order valence-electron chi connectivity index (χ4n) is 3.57. The molecular formula is C28H51N3O9. The third kappa shape index (κ3) is 16.9. The van der Waals surface area contributed by atoms with Gasteiger partial charge in [-0.15, -0.1) is 0 Å². The van der Waals surface area contributed by atoms with Crippen molar-refractivity contribution in [2.75, 3.05) is 0 Å². The topological polar surface area (TPSA) is 169 Å². The number of nitrogens with one attached hydrogen (secondary N) is 3. The van der Waals surface area contributed by atoms with E-state index in [1.807, 2.05) is 13.8 Å². The molecule has 0 spiro atoms. The Kier molecular flexibility index (Phi) is 14.1. The minimum Gasteiger partial charge on any atom is -0.481 e. The number of carbonyl (C=O) groups is 5. The van der Waals surface area contributed by atoms with Crippen LogP contribution in [0.5, 0.6) is 0 Å². The van der Waals surface area contributed by atoms with Crippen LogP contribution in [0.1, 0.15) is 102 Å². The average molecular weight is 574 g/mol. The second-order valence-corrected chi connectivity index (χ2v) is 13.3. The summed E-state index contributed by atoms with van der Waals surface area (Å²) < 4.78 is 16.7. The van der Waals surface area contributed by atoms with Crippen LogP contribution in [0.2, 0.25) is 0 Å². The van der Waals surface area contributed by atoms with Gasteiger partial charge in [-0.05, 0) is 88.0 Å². The SMILES string of the molecule is CC(C)C[C@H](NC(=O)OC(C)(C)C)C(=O)N[C@@H](CCC(=O)O)C(=O)N[C@H](C(=O)OC(C)(C)C)[C@@H](C)OC(C)(C)C. The zero-order valence-corrected chi connectivity index (χ0v) is 26.2. The highest BCUT2D eigenvalue weighted by atomic mass is 16.6. The Morgan fingerprint density at radius 2 is 1.20 bits per heavy atom. The third-order valence-electron chi connectivity index (χ3n) is 4.96. The van der Waals surface area contributed by atoms with Gasteiger partial charge in [-0.3, -0.25) is 14.4 Å². The Balaban J connectivity index is 6.04. The molecular weight excluding hydrogens is 522 g/mol. The molecule has 0 heterocycles. The summed E-state index contributed by atoms with van der Waals surface area (Å²) >= 11 is 0. The number of ether oxygens (including phenoxy) is 3. The van der Waals surface area contributed by atoms with E-state index >= 15 is 0 Å². The molecule has 0 aliphatic heterocycles. The number of alkyl carbamates (subject to hydrolysis) is 1. The number of carbonyl (C=O) groups excluding carboxylic acids is 4. The van der Waals surface area contributed by atoms with Crippen LogP contribution in [0.15, 0.2) is 0 Å². The molecule has 40 heavy (non-hydrogen) atoms. The van der Waals surface area contributed by atoms with Crippen molar-refractivity contribution in [1.29, 1.82) is 0 Å². The first kappa shape index (κ1) is 37.1. The van der Waals surface area contributed by atoms with E-state index in [0.29, 0.717) is 0 Å². The largest absolute Gasteiger partial charge is 0.481 e. The maximum absolute atomic E-state index is 13.4. The van der Waals surface area contributed by atoms with E-state index < -0.39 is 77.3 Å². The van der Waals surface area contributed by atoms with Gasteiger partial charge in [-0.1, -0.05) is 13.8 Å². The predicted octanol–water partition coefficient (Wildman–Crippen LogP) is 3.31. The van der Waals surface area contributed by atoms with Crippen LogP contribution in [0.25, 0.3) is 0 Å². The zero-order valence-electron chi connectivity index (χ0n) is 26.2. The third-order valence-corrected chi connectivity index (χ3v) is 4.96. The molecule has 12 nitrogen and oxygen atoms in total. The molecule has 0 aliphatic rings. The maximum Gasteiger partial charge on any atom is 0.408 e. The maximum atomic E-state index is 13.4. The molecule has 0 bridgehead atoms.